The first-order valence-corrected chi connectivity index (χ1v) is 5.56. The smallest absolute Gasteiger partial charge is 0.293 e. The zero-order chi connectivity index (χ0) is 11.5. The van der Waals surface area contributed by atoms with Crippen LogP contribution in [0.2, 0.25) is 0 Å². The van der Waals surface area contributed by atoms with Crippen LogP contribution in [0, 0.1) is 6.92 Å². The van der Waals surface area contributed by atoms with Gasteiger partial charge in [-0.05, 0) is 26.8 Å². The van der Waals surface area contributed by atoms with E-state index in [0.29, 0.717) is 11.9 Å². The minimum atomic E-state index is -0.0794. The molecule has 0 aromatic carbocycles. The van der Waals surface area contributed by atoms with Crippen molar-refractivity contribution in [3.05, 3.63) is 11.6 Å². The summed E-state index contributed by atoms with van der Waals surface area (Å²) in [5.41, 5.74) is 0. The van der Waals surface area contributed by atoms with Crippen LogP contribution < -0.4 is 5.32 Å². The van der Waals surface area contributed by atoms with Crippen molar-refractivity contribution in [1.29, 1.82) is 0 Å². The molecule has 0 radical (unpaired) electrons. The first-order valence-electron chi connectivity index (χ1n) is 5.56. The molecule has 1 saturated heterocycles. The molecule has 1 fully saturated rings. The number of aromatic nitrogens is 3. The van der Waals surface area contributed by atoms with Gasteiger partial charge in [-0.1, -0.05) is 0 Å². The van der Waals surface area contributed by atoms with Gasteiger partial charge in [0.1, 0.15) is 5.82 Å². The van der Waals surface area contributed by atoms with E-state index in [1.54, 1.807) is 6.92 Å². The molecule has 0 saturated carbocycles. The Balaban J connectivity index is 2.04. The van der Waals surface area contributed by atoms with E-state index in [9.17, 15) is 4.79 Å². The molecule has 1 amide bonds. The average Bonchev–Trinajstić information content (AvgIpc) is 2.75. The van der Waals surface area contributed by atoms with E-state index in [2.05, 4.69) is 20.5 Å². The maximum Gasteiger partial charge on any atom is 0.293 e. The van der Waals surface area contributed by atoms with Gasteiger partial charge in [-0.15, -0.1) is 5.10 Å². The van der Waals surface area contributed by atoms with Gasteiger partial charge in [0.25, 0.3) is 5.91 Å². The van der Waals surface area contributed by atoms with E-state index >= 15 is 0 Å². The van der Waals surface area contributed by atoms with Gasteiger partial charge in [-0.3, -0.25) is 9.89 Å². The van der Waals surface area contributed by atoms with Crippen LogP contribution in [-0.2, 0) is 0 Å². The summed E-state index contributed by atoms with van der Waals surface area (Å²) >= 11 is 0. The van der Waals surface area contributed by atoms with Gasteiger partial charge in [-0.25, -0.2) is 4.98 Å². The summed E-state index contributed by atoms with van der Waals surface area (Å²) in [6, 6.07) is 0.387. The van der Waals surface area contributed by atoms with Gasteiger partial charge in [0.15, 0.2) is 0 Å². The number of aryl methyl sites for hydroxylation is 1. The second-order valence-corrected chi connectivity index (χ2v) is 4.12. The predicted molar refractivity (Wildman–Crippen MR) is 59.1 cm³/mol. The van der Waals surface area contributed by atoms with Gasteiger partial charge in [-0.2, -0.15) is 0 Å². The largest absolute Gasteiger partial charge is 0.334 e. The zero-order valence-electron chi connectivity index (χ0n) is 9.66. The normalized spacial score (nSPS) is 21.1. The van der Waals surface area contributed by atoms with Gasteiger partial charge >= 0.3 is 0 Å². The number of nitrogens with zero attached hydrogens (tertiary/aromatic N) is 3. The predicted octanol–water partition coefficient (Wildman–Crippen LogP) is -0.0629. The van der Waals surface area contributed by atoms with Crippen molar-refractivity contribution in [3.8, 4) is 0 Å². The van der Waals surface area contributed by atoms with Crippen molar-refractivity contribution >= 4 is 5.91 Å². The van der Waals surface area contributed by atoms with E-state index < -0.39 is 0 Å². The third-order valence-corrected chi connectivity index (χ3v) is 2.91. The number of amides is 1. The number of likely N-dealkylation sites (tertiary alicyclic amines) is 1. The summed E-state index contributed by atoms with van der Waals surface area (Å²) in [5, 5.41) is 9.79. The lowest BCUT2D eigenvalue weighted by Gasteiger charge is -2.31. The number of likely N-dealkylation sites (N-methyl/N-ethyl adjacent to an activating group) is 1. The van der Waals surface area contributed by atoms with Crippen LogP contribution in [0.1, 0.15) is 29.3 Å². The Bertz CT molecular complexity index is 375. The van der Waals surface area contributed by atoms with Crippen LogP contribution in [0.3, 0.4) is 0 Å². The zero-order valence-corrected chi connectivity index (χ0v) is 9.66. The third-order valence-electron chi connectivity index (χ3n) is 2.91. The lowest BCUT2D eigenvalue weighted by atomic mass is 10.1. The van der Waals surface area contributed by atoms with Crippen molar-refractivity contribution in [2.45, 2.75) is 25.8 Å². The van der Waals surface area contributed by atoms with E-state index in [0.717, 1.165) is 25.9 Å². The van der Waals surface area contributed by atoms with Crippen molar-refractivity contribution in [2.24, 2.45) is 0 Å². The molecule has 1 aromatic heterocycles. The molecule has 0 bridgehead atoms. The highest BCUT2D eigenvalue weighted by Gasteiger charge is 2.25. The van der Waals surface area contributed by atoms with Crippen molar-refractivity contribution in [1.82, 2.24) is 25.4 Å². The van der Waals surface area contributed by atoms with E-state index in [1.807, 2.05) is 11.9 Å². The van der Waals surface area contributed by atoms with Crippen LogP contribution >= 0.6 is 0 Å². The van der Waals surface area contributed by atoms with Crippen molar-refractivity contribution in [2.75, 3.05) is 20.1 Å². The first-order chi connectivity index (χ1) is 7.70. The number of piperidine rings is 1. The van der Waals surface area contributed by atoms with Crippen LogP contribution in [0.15, 0.2) is 0 Å². The van der Waals surface area contributed by atoms with Crippen molar-refractivity contribution in [3.63, 3.8) is 0 Å². The Labute approximate surface area is 94.4 Å². The highest BCUT2D eigenvalue weighted by Crippen LogP contribution is 2.11. The number of aromatic amines is 1. The molecule has 88 valence electrons. The minimum absolute atomic E-state index is 0.0794. The van der Waals surface area contributed by atoms with Crippen LogP contribution in [-0.4, -0.2) is 52.2 Å². The quantitative estimate of drug-likeness (QED) is 0.736. The Morgan fingerprint density at radius 3 is 3.06 bits per heavy atom. The summed E-state index contributed by atoms with van der Waals surface area (Å²) in [6.07, 6.45) is 2.15. The SMILES string of the molecule is CNC1CCCN(C(=O)c2n[nH]c(C)n2)C1. The van der Waals surface area contributed by atoms with Gasteiger partial charge < -0.3 is 10.2 Å². The maximum atomic E-state index is 12.0. The molecular weight excluding hydrogens is 206 g/mol. The number of carbonyl (C=O) groups excluding carboxylic acids is 1. The first kappa shape index (κ1) is 11.1. The summed E-state index contributed by atoms with van der Waals surface area (Å²) in [4.78, 5) is 17.9. The summed E-state index contributed by atoms with van der Waals surface area (Å²) in [5.74, 6) is 0.865. The second-order valence-electron chi connectivity index (χ2n) is 4.12. The molecule has 0 aliphatic carbocycles. The van der Waals surface area contributed by atoms with Gasteiger partial charge in [0, 0.05) is 19.1 Å². The molecule has 2 rings (SSSR count). The van der Waals surface area contributed by atoms with E-state index in [1.165, 1.54) is 0 Å². The fraction of sp³-hybridized carbons (Fsp3) is 0.700. The Kier molecular flexibility index (Phi) is 3.19. The van der Waals surface area contributed by atoms with Crippen molar-refractivity contribution < 1.29 is 4.79 Å². The molecule has 1 atom stereocenters. The number of hydrogen-bond donors (Lipinski definition) is 2. The average molecular weight is 223 g/mol. The molecule has 1 aliphatic rings. The second kappa shape index (κ2) is 4.61. The van der Waals surface area contributed by atoms with Gasteiger partial charge in [0.05, 0.1) is 0 Å². The summed E-state index contributed by atoms with van der Waals surface area (Å²) in [7, 11) is 1.93. The molecule has 1 aromatic rings. The lowest BCUT2D eigenvalue weighted by molar-refractivity contribution is 0.0686. The number of rotatable bonds is 2. The Morgan fingerprint density at radius 2 is 2.44 bits per heavy atom. The molecule has 6 nitrogen and oxygen atoms in total. The molecule has 1 unspecified atom stereocenters. The van der Waals surface area contributed by atoms with Crippen LogP contribution in [0.25, 0.3) is 0 Å². The van der Waals surface area contributed by atoms with E-state index in [4.69, 9.17) is 0 Å². The molecule has 16 heavy (non-hydrogen) atoms. The minimum Gasteiger partial charge on any atom is -0.334 e. The standard InChI is InChI=1S/C10H17N5O/c1-7-12-9(14-13-7)10(16)15-5-3-4-8(6-15)11-2/h8,11H,3-6H2,1-2H3,(H,12,13,14). The Hall–Kier alpha value is -1.43. The topological polar surface area (TPSA) is 73.9 Å². The number of hydrogen-bond acceptors (Lipinski definition) is 4. The molecule has 6 heteroatoms. The highest BCUT2D eigenvalue weighted by atomic mass is 16.2. The molecule has 0 spiro atoms. The number of H-pyrrole nitrogens is 1. The Morgan fingerprint density at radius 1 is 1.62 bits per heavy atom. The lowest BCUT2D eigenvalue weighted by Crippen LogP contribution is -2.47. The van der Waals surface area contributed by atoms with Gasteiger partial charge in [0.2, 0.25) is 5.82 Å². The highest BCUT2D eigenvalue weighted by molar-refractivity contribution is 5.90. The molecule has 2 heterocycles. The summed E-state index contributed by atoms with van der Waals surface area (Å²) in [6.45, 7) is 3.32. The number of nitrogens with one attached hydrogen (secondary N) is 2. The fourth-order valence-corrected chi connectivity index (χ4v) is 1.98. The maximum absolute atomic E-state index is 12.0. The third kappa shape index (κ3) is 2.21. The summed E-state index contributed by atoms with van der Waals surface area (Å²) < 4.78 is 0. The fourth-order valence-electron chi connectivity index (χ4n) is 1.98. The monoisotopic (exact) mass is 223 g/mol. The number of carbonyl (C=O) groups is 1. The molecule has 2 N–H and O–H groups in total. The van der Waals surface area contributed by atoms with Crippen LogP contribution in [0.5, 0.6) is 0 Å². The molecule has 1 aliphatic heterocycles. The molecular formula is C10H17N5O. The van der Waals surface area contributed by atoms with Crippen LogP contribution in [0.4, 0.5) is 0 Å². The van der Waals surface area contributed by atoms with E-state index in [-0.39, 0.29) is 11.7 Å².